The molecule has 1 fully saturated rings. The van der Waals surface area contributed by atoms with Crippen LogP contribution in [0.25, 0.3) is 11.3 Å². The van der Waals surface area contributed by atoms with Gasteiger partial charge < -0.3 is 15.0 Å². The van der Waals surface area contributed by atoms with Crippen LogP contribution in [0.2, 0.25) is 0 Å². The van der Waals surface area contributed by atoms with Gasteiger partial charge in [0.25, 0.3) is 0 Å². The van der Waals surface area contributed by atoms with Crippen LogP contribution in [-0.4, -0.2) is 36.1 Å². The normalized spacial score (nSPS) is 14.4. The highest BCUT2D eigenvalue weighted by Gasteiger charge is 2.26. The Kier molecular flexibility index (Phi) is 6.28. The Hall–Kier alpha value is -2.93. The van der Waals surface area contributed by atoms with E-state index in [0.29, 0.717) is 0 Å². The minimum atomic E-state index is 0.00722. The zero-order valence-electron chi connectivity index (χ0n) is 16.7. The fourth-order valence-corrected chi connectivity index (χ4v) is 3.85. The number of hydrogen-bond donors (Lipinski definition) is 1. The van der Waals surface area contributed by atoms with Gasteiger partial charge in [-0.25, -0.2) is 9.97 Å². The molecule has 0 unspecified atom stereocenters. The van der Waals surface area contributed by atoms with E-state index in [2.05, 4.69) is 36.1 Å². The smallest absolute Gasteiger partial charge is 0.227 e. The van der Waals surface area contributed by atoms with Crippen molar-refractivity contribution >= 4 is 33.3 Å². The number of anilines is 2. The summed E-state index contributed by atoms with van der Waals surface area (Å²) in [4.78, 5) is 23.7. The van der Waals surface area contributed by atoms with Gasteiger partial charge >= 0.3 is 0 Å². The molecule has 7 heteroatoms. The summed E-state index contributed by atoms with van der Waals surface area (Å²) in [5, 5.41) is 3.02. The van der Waals surface area contributed by atoms with Gasteiger partial charge in [-0.2, -0.15) is 0 Å². The molecule has 154 valence electrons. The maximum absolute atomic E-state index is 12.6. The Morgan fingerprint density at radius 2 is 1.77 bits per heavy atom. The second-order valence-corrected chi connectivity index (χ2v) is 8.16. The first kappa shape index (κ1) is 20.3. The number of methoxy groups -OCH3 is 1. The molecular formula is C23H23BrN4O2. The van der Waals surface area contributed by atoms with E-state index >= 15 is 0 Å². The summed E-state index contributed by atoms with van der Waals surface area (Å²) in [5.74, 6) is 1.80. The Bertz CT molecular complexity index is 1000. The first-order valence-electron chi connectivity index (χ1n) is 9.90. The monoisotopic (exact) mass is 466 g/mol. The molecule has 1 aliphatic heterocycles. The molecular weight excluding hydrogens is 444 g/mol. The number of carbonyl (C=O) groups is 1. The van der Waals surface area contributed by atoms with Crippen LogP contribution < -0.4 is 15.0 Å². The van der Waals surface area contributed by atoms with E-state index in [1.807, 2.05) is 54.6 Å². The quantitative estimate of drug-likeness (QED) is 0.586. The molecule has 0 spiro atoms. The molecule has 0 saturated carbocycles. The van der Waals surface area contributed by atoms with Crippen LogP contribution in [0.1, 0.15) is 12.8 Å². The van der Waals surface area contributed by atoms with E-state index in [1.54, 1.807) is 13.4 Å². The largest absolute Gasteiger partial charge is 0.497 e. The van der Waals surface area contributed by atoms with Gasteiger partial charge in [0.15, 0.2) is 0 Å². The molecule has 6 nitrogen and oxygen atoms in total. The van der Waals surface area contributed by atoms with Crippen molar-refractivity contribution in [2.75, 3.05) is 30.4 Å². The number of nitrogens with one attached hydrogen (secondary N) is 1. The molecule has 2 heterocycles. The van der Waals surface area contributed by atoms with Crippen molar-refractivity contribution in [1.29, 1.82) is 0 Å². The fraction of sp³-hybridized carbons (Fsp3) is 0.261. The third kappa shape index (κ3) is 4.79. The van der Waals surface area contributed by atoms with Crippen molar-refractivity contribution in [3.8, 4) is 17.0 Å². The molecule has 1 aliphatic rings. The van der Waals surface area contributed by atoms with Crippen LogP contribution >= 0.6 is 15.9 Å². The molecule has 0 radical (unpaired) electrons. The number of halogens is 1. The number of benzene rings is 2. The third-order valence-corrected chi connectivity index (χ3v) is 5.87. The fourth-order valence-electron chi connectivity index (χ4n) is 3.59. The summed E-state index contributed by atoms with van der Waals surface area (Å²) in [5.41, 5.74) is 2.71. The SMILES string of the molecule is COc1ccc(-c2cc(N3CCC(C(=O)Nc4ccc(Br)cc4)CC3)ncn2)cc1. The van der Waals surface area contributed by atoms with Crippen molar-refractivity contribution in [3.05, 3.63) is 65.4 Å². The standard InChI is InChI=1S/C23H23BrN4O2/c1-30-20-8-2-16(3-9-20)21-14-22(26-15-25-21)28-12-10-17(11-13-28)23(29)27-19-6-4-18(24)5-7-19/h2-9,14-15,17H,10-13H2,1H3,(H,27,29). The average molecular weight is 467 g/mol. The molecule has 30 heavy (non-hydrogen) atoms. The van der Waals surface area contributed by atoms with Crippen molar-refractivity contribution < 1.29 is 9.53 Å². The summed E-state index contributed by atoms with van der Waals surface area (Å²) >= 11 is 3.41. The van der Waals surface area contributed by atoms with Gasteiger partial charge in [0.05, 0.1) is 12.8 Å². The van der Waals surface area contributed by atoms with Crippen LogP contribution in [0.15, 0.2) is 65.4 Å². The highest BCUT2D eigenvalue weighted by atomic mass is 79.9. The van der Waals surface area contributed by atoms with Crippen LogP contribution in [0, 0.1) is 5.92 Å². The van der Waals surface area contributed by atoms with Gasteiger partial charge in [-0.3, -0.25) is 4.79 Å². The first-order valence-corrected chi connectivity index (χ1v) is 10.7. The van der Waals surface area contributed by atoms with Crippen molar-refractivity contribution in [1.82, 2.24) is 9.97 Å². The first-order chi connectivity index (χ1) is 14.6. The highest BCUT2D eigenvalue weighted by molar-refractivity contribution is 9.10. The van der Waals surface area contributed by atoms with Crippen molar-refractivity contribution in [2.45, 2.75) is 12.8 Å². The Balaban J connectivity index is 1.37. The number of rotatable bonds is 5. The maximum atomic E-state index is 12.6. The summed E-state index contributed by atoms with van der Waals surface area (Å²) in [6.45, 7) is 1.58. The number of hydrogen-bond acceptors (Lipinski definition) is 5. The van der Waals surface area contributed by atoms with Crippen molar-refractivity contribution in [3.63, 3.8) is 0 Å². The number of aromatic nitrogens is 2. The minimum absolute atomic E-state index is 0.00722. The lowest BCUT2D eigenvalue weighted by molar-refractivity contribution is -0.120. The van der Waals surface area contributed by atoms with Crippen molar-refractivity contribution in [2.24, 2.45) is 5.92 Å². The zero-order chi connectivity index (χ0) is 20.9. The number of ether oxygens (including phenoxy) is 1. The Morgan fingerprint density at radius 3 is 2.43 bits per heavy atom. The highest BCUT2D eigenvalue weighted by Crippen LogP contribution is 2.27. The second kappa shape index (κ2) is 9.26. The molecule has 1 N–H and O–H groups in total. The number of nitrogens with zero attached hydrogens (tertiary/aromatic N) is 3. The van der Waals surface area contributed by atoms with Crippen LogP contribution in [0.3, 0.4) is 0 Å². The second-order valence-electron chi connectivity index (χ2n) is 7.25. The van der Waals surface area contributed by atoms with Gasteiger partial charge in [0, 0.05) is 40.8 Å². The van der Waals surface area contributed by atoms with E-state index < -0.39 is 0 Å². The molecule has 0 atom stereocenters. The summed E-state index contributed by atoms with van der Waals surface area (Å²) in [6, 6.07) is 17.5. The number of amides is 1. The van der Waals surface area contributed by atoms with E-state index in [-0.39, 0.29) is 11.8 Å². The maximum Gasteiger partial charge on any atom is 0.227 e. The van der Waals surface area contributed by atoms with E-state index in [1.165, 1.54) is 0 Å². The third-order valence-electron chi connectivity index (χ3n) is 5.34. The Labute approximate surface area is 184 Å². The minimum Gasteiger partial charge on any atom is -0.497 e. The molecule has 0 aliphatic carbocycles. The molecule has 1 saturated heterocycles. The Morgan fingerprint density at radius 1 is 1.07 bits per heavy atom. The molecule has 0 bridgehead atoms. The summed E-state index contributed by atoms with van der Waals surface area (Å²) in [6.07, 6.45) is 3.19. The molecule has 1 aromatic heterocycles. The van der Waals surface area contributed by atoms with E-state index in [4.69, 9.17) is 4.74 Å². The average Bonchev–Trinajstić information content (AvgIpc) is 2.81. The molecule has 2 aromatic carbocycles. The van der Waals surface area contributed by atoms with Gasteiger partial charge in [0.2, 0.25) is 5.91 Å². The van der Waals surface area contributed by atoms with Gasteiger partial charge in [0.1, 0.15) is 17.9 Å². The lowest BCUT2D eigenvalue weighted by atomic mass is 9.95. The van der Waals surface area contributed by atoms with Gasteiger partial charge in [-0.15, -0.1) is 0 Å². The van der Waals surface area contributed by atoms with E-state index in [0.717, 1.165) is 58.9 Å². The molecule has 4 rings (SSSR count). The topological polar surface area (TPSA) is 67.3 Å². The molecule has 3 aromatic rings. The number of carbonyl (C=O) groups excluding carboxylic acids is 1. The van der Waals surface area contributed by atoms with Crippen LogP contribution in [-0.2, 0) is 4.79 Å². The van der Waals surface area contributed by atoms with Gasteiger partial charge in [-0.1, -0.05) is 15.9 Å². The molecule has 1 amide bonds. The number of piperidine rings is 1. The lowest BCUT2D eigenvalue weighted by Gasteiger charge is -2.32. The van der Waals surface area contributed by atoms with Crippen LogP contribution in [0.5, 0.6) is 5.75 Å². The van der Waals surface area contributed by atoms with E-state index in [9.17, 15) is 4.79 Å². The summed E-state index contributed by atoms with van der Waals surface area (Å²) < 4.78 is 6.21. The van der Waals surface area contributed by atoms with Crippen LogP contribution in [0.4, 0.5) is 11.5 Å². The predicted octanol–water partition coefficient (Wildman–Crippen LogP) is 4.77. The predicted molar refractivity (Wildman–Crippen MR) is 122 cm³/mol. The summed E-state index contributed by atoms with van der Waals surface area (Å²) in [7, 11) is 1.65. The van der Waals surface area contributed by atoms with Gasteiger partial charge in [-0.05, 0) is 61.4 Å². The zero-order valence-corrected chi connectivity index (χ0v) is 18.3. The lowest BCUT2D eigenvalue weighted by Crippen LogP contribution is -2.38.